The zero-order valence-electron chi connectivity index (χ0n) is 13.2. The molecule has 4 aliphatic rings. The van der Waals surface area contributed by atoms with Crippen LogP contribution in [0, 0.1) is 29.1 Å². The number of hydrogen-bond donors (Lipinski definition) is 2. The van der Waals surface area contributed by atoms with Crippen LogP contribution in [0.15, 0.2) is 0 Å². The lowest BCUT2D eigenvalue weighted by Crippen LogP contribution is -2.57. The van der Waals surface area contributed by atoms with Crippen LogP contribution in [0.25, 0.3) is 0 Å². The molecule has 4 fully saturated rings. The first-order chi connectivity index (χ1) is 9.39. The molecule has 4 rings (SSSR count). The number of rotatable bonds is 4. The standard InChI is InChI=1S/C17H30N2O/c1-10(11(2)18)16(20)19-12(3)17-7-13-4-14(8-17)6-15(5-13)9-17/h10-15H,4-9,18H2,1-3H3,(H,19,20). The fourth-order valence-electron chi connectivity index (χ4n) is 5.44. The molecule has 1 amide bonds. The number of nitrogens with one attached hydrogen (secondary N) is 1. The quantitative estimate of drug-likeness (QED) is 0.830. The second-order valence-corrected chi connectivity index (χ2v) is 8.16. The smallest absolute Gasteiger partial charge is 0.224 e. The lowest BCUT2D eigenvalue weighted by Gasteiger charge is -2.59. The molecule has 0 heterocycles. The van der Waals surface area contributed by atoms with Crippen molar-refractivity contribution in [3.63, 3.8) is 0 Å². The van der Waals surface area contributed by atoms with Gasteiger partial charge in [0.2, 0.25) is 5.91 Å². The maximum absolute atomic E-state index is 12.3. The molecule has 3 N–H and O–H groups in total. The predicted octanol–water partition coefficient (Wildman–Crippen LogP) is 2.69. The van der Waals surface area contributed by atoms with Gasteiger partial charge < -0.3 is 11.1 Å². The summed E-state index contributed by atoms with van der Waals surface area (Å²) < 4.78 is 0. The minimum Gasteiger partial charge on any atom is -0.353 e. The molecular formula is C17H30N2O. The first-order valence-electron chi connectivity index (χ1n) is 8.45. The van der Waals surface area contributed by atoms with Crippen molar-refractivity contribution < 1.29 is 4.79 Å². The van der Waals surface area contributed by atoms with E-state index in [4.69, 9.17) is 5.73 Å². The van der Waals surface area contributed by atoms with Crippen molar-refractivity contribution in [2.45, 2.75) is 71.4 Å². The van der Waals surface area contributed by atoms with E-state index in [9.17, 15) is 4.79 Å². The van der Waals surface area contributed by atoms with Crippen LogP contribution in [0.1, 0.15) is 59.3 Å². The summed E-state index contributed by atoms with van der Waals surface area (Å²) in [5.41, 5.74) is 6.25. The van der Waals surface area contributed by atoms with Gasteiger partial charge in [-0.1, -0.05) is 6.92 Å². The summed E-state index contributed by atoms with van der Waals surface area (Å²) in [6.45, 7) is 6.09. The monoisotopic (exact) mass is 278 g/mol. The minimum atomic E-state index is -0.0913. The number of hydrogen-bond acceptors (Lipinski definition) is 2. The summed E-state index contributed by atoms with van der Waals surface area (Å²) in [7, 11) is 0. The van der Waals surface area contributed by atoms with Crippen LogP contribution in [0.2, 0.25) is 0 Å². The van der Waals surface area contributed by atoms with Gasteiger partial charge in [-0.05, 0) is 75.5 Å². The van der Waals surface area contributed by atoms with Crippen molar-refractivity contribution in [1.82, 2.24) is 5.32 Å². The molecule has 4 aliphatic carbocycles. The Bertz CT molecular complexity index is 355. The number of nitrogens with two attached hydrogens (primary N) is 1. The highest BCUT2D eigenvalue weighted by Gasteiger charge is 2.53. The van der Waals surface area contributed by atoms with Crippen LogP contribution in [0.4, 0.5) is 0 Å². The molecule has 20 heavy (non-hydrogen) atoms. The number of carbonyl (C=O) groups is 1. The number of amides is 1. The zero-order chi connectivity index (χ0) is 14.5. The Labute approximate surface area is 123 Å². The van der Waals surface area contributed by atoms with Crippen molar-refractivity contribution in [2.24, 2.45) is 34.8 Å². The molecule has 4 bridgehead atoms. The third-order valence-electron chi connectivity index (χ3n) is 6.57. The van der Waals surface area contributed by atoms with Crippen molar-refractivity contribution in [3.8, 4) is 0 Å². The molecule has 4 saturated carbocycles. The van der Waals surface area contributed by atoms with Crippen LogP contribution in [-0.2, 0) is 4.79 Å². The van der Waals surface area contributed by atoms with Gasteiger partial charge >= 0.3 is 0 Å². The van der Waals surface area contributed by atoms with E-state index in [1.54, 1.807) is 0 Å². The van der Waals surface area contributed by atoms with Gasteiger partial charge in [0.1, 0.15) is 0 Å². The van der Waals surface area contributed by atoms with E-state index in [0.717, 1.165) is 17.8 Å². The molecule has 114 valence electrons. The second kappa shape index (κ2) is 5.01. The normalized spacial score (nSPS) is 43.1. The summed E-state index contributed by atoms with van der Waals surface area (Å²) in [5, 5.41) is 3.30. The highest BCUT2D eigenvalue weighted by molar-refractivity contribution is 5.79. The zero-order valence-corrected chi connectivity index (χ0v) is 13.2. The van der Waals surface area contributed by atoms with E-state index in [2.05, 4.69) is 12.2 Å². The summed E-state index contributed by atoms with van der Waals surface area (Å²) in [6.07, 6.45) is 8.38. The van der Waals surface area contributed by atoms with Crippen molar-refractivity contribution in [3.05, 3.63) is 0 Å². The molecule has 0 aromatic heterocycles. The molecule has 3 nitrogen and oxygen atoms in total. The van der Waals surface area contributed by atoms with Crippen molar-refractivity contribution in [1.29, 1.82) is 0 Å². The summed E-state index contributed by atoms with van der Waals surface area (Å²) in [5.74, 6) is 2.86. The Kier molecular flexibility index (Phi) is 3.60. The lowest BCUT2D eigenvalue weighted by atomic mass is 9.48. The van der Waals surface area contributed by atoms with E-state index in [0.29, 0.717) is 11.5 Å². The average molecular weight is 278 g/mol. The Balaban J connectivity index is 1.68. The molecule has 0 aliphatic heterocycles. The SMILES string of the molecule is CC(N)C(C)C(=O)NC(C)C12CC3CC(CC(C3)C1)C2. The molecule has 3 atom stereocenters. The first-order valence-corrected chi connectivity index (χ1v) is 8.45. The third kappa shape index (κ3) is 2.38. The van der Waals surface area contributed by atoms with Crippen molar-refractivity contribution >= 4 is 5.91 Å². The molecule has 3 heteroatoms. The highest BCUT2D eigenvalue weighted by atomic mass is 16.2. The van der Waals surface area contributed by atoms with E-state index < -0.39 is 0 Å². The summed E-state index contributed by atoms with van der Waals surface area (Å²) >= 11 is 0. The predicted molar refractivity (Wildman–Crippen MR) is 81.0 cm³/mol. The van der Waals surface area contributed by atoms with Gasteiger partial charge in [0.25, 0.3) is 0 Å². The second-order valence-electron chi connectivity index (χ2n) is 8.16. The highest BCUT2D eigenvalue weighted by Crippen LogP contribution is 2.61. The van der Waals surface area contributed by atoms with Gasteiger partial charge in [-0.3, -0.25) is 4.79 Å². The van der Waals surface area contributed by atoms with E-state index in [1.807, 2.05) is 13.8 Å². The van der Waals surface area contributed by atoms with Gasteiger partial charge in [-0.15, -0.1) is 0 Å². The fraction of sp³-hybridized carbons (Fsp3) is 0.941. The third-order valence-corrected chi connectivity index (χ3v) is 6.57. The van der Waals surface area contributed by atoms with Gasteiger partial charge in [0, 0.05) is 18.0 Å². The largest absolute Gasteiger partial charge is 0.353 e. The van der Waals surface area contributed by atoms with Gasteiger partial charge in [-0.25, -0.2) is 0 Å². The molecule has 0 radical (unpaired) electrons. The molecule has 0 spiro atoms. The van der Waals surface area contributed by atoms with E-state index in [-0.39, 0.29) is 17.9 Å². The molecule has 0 aromatic carbocycles. The maximum Gasteiger partial charge on any atom is 0.224 e. The van der Waals surface area contributed by atoms with E-state index >= 15 is 0 Å². The Morgan fingerprint density at radius 3 is 1.90 bits per heavy atom. The maximum atomic E-state index is 12.3. The molecule has 0 aromatic rings. The number of carbonyl (C=O) groups excluding carboxylic acids is 1. The topological polar surface area (TPSA) is 55.1 Å². The fourth-order valence-corrected chi connectivity index (χ4v) is 5.44. The Hall–Kier alpha value is -0.570. The van der Waals surface area contributed by atoms with Crippen LogP contribution < -0.4 is 11.1 Å². The summed E-state index contributed by atoms with van der Waals surface area (Å²) in [4.78, 5) is 12.3. The Morgan fingerprint density at radius 2 is 1.50 bits per heavy atom. The van der Waals surface area contributed by atoms with E-state index in [1.165, 1.54) is 38.5 Å². The average Bonchev–Trinajstić information content (AvgIpc) is 2.35. The van der Waals surface area contributed by atoms with Gasteiger partial charge in [-0.2, -0.15) is 0 Å². The van der Waals surface area contributed by atoms with Gasteiger partial charge in [0.15, 0.2) is 0 Å². The Morgan fingerprint density at radius 1 is 1.05 bits per heavy atom. The van der Waals surface area contributed by atoms with Crippen molar-refractivity contribution in [2.75, 3.05) is 0 Å². The molecule has 3 unspecified atom stereocenters. The molecular weight excluding hydrogens is 248 g/mol. The van der Waals surface area contributed by atoms with Crippen LogP contribution in [0.3, 0.4) is 0 Å². The van der Waals surface area contributed by atoms with Crippen LogP contribution in [0.5, 0.6) is 0 Å². The minimum absolute atomic E-state index is 0.0708. The van der Waals surface area contributed by atoms with Crippen LogP contribution in [-0.4, -0.2) is 18.0 Å². The summed E-state index contributed by atoms with van der Waals surface area (Å²) in [6, 6.07) is 0.239. The van der Waals surface area contributed by atoms with Crippen LogP contribution >= 0.6 is 0 Å². The lowest BCUT2D eigenvalue weighted by molar-refractivity contribution is -0.129. The van der Waals surface area contributed by atoms with Gasteiger partial charge in [0.05, 0.1) is 0 Å². The first kappa shape index (κ1) is 14.4. The molecule has 0 saturated heterocycles.